The van der Waals surface area contributed by atoms with E-state index in [0.717, 1.165) is 25.9 Å². The van der Waals surface area contributed by atoms with Gasteiger partial charge in [-0.2, -0.15) is 0 Å². The number of piperidine rings is 1. The van der Waals surface area contributed by atoms with E-state index in [9.17, 15) is 5.11 Å². The van der Waals surface area contributed by atoms with Gasteiger partial charge in [0.15, 0.2) is 0 Å². The number of rotatable bonds is 3. The van der Waals surface area contributed by atoms with Crippen molar-refractivity contribution >= 4 is 5.69 Å². The van der Waals surface area contributed by atoms with Gasteiger partial charge >= 0.3 is 0 Å². The molecule has 94 valence electrons. The third-order valence-electron chi connectivity index (χ3n) is 3.59. The fraction of sp³-hybridized carbons (Fsp3) is 0.571. The SMILES string of the molecule is Cc1ccccc1N(C)CC1(O)CCNCC1. The molecule has 1 saturated heterocycles. The Morgan fingerprint density at radius 2 is 1.94 bits per heavy atom. The predicted molar refractivity (Wildman–Crippen MR) is 71.5 cm³/mol. The number of nitrogens with one attached hydrogen (secondary N) is 1. The van der Waals surface area contributed by atoms with Crippen LogP contribution in [0.4, 0.5) is 5.69 Å². The van der Waals surface area contributed by atoms with E-state index >= 15 is 0 Å². The summed E-state index contributed by atoms with van der Waals surface area (Å²) >= 11 is 0. The van der Waals surface area contributed by atoms with Crippen LogP contribution >= 0.6 is 0 Å². The predicted octanol–water partition coefficient (Wildman–Crippen LogP) is 1.55. The molecule has 0 saturated carbocycles. The highest BCUT2D eigenvalue weighted by molar-refractivity contribution is 5.52. The Labute approximate surface area is 103 Å². The van der Waals surface area contributed by atoms with Crippen molar-refractivity contribution in [3.63, 3.8) is 0 Å². The third kappa shape index (κ3) is 2.99. The van der Waals surface area contributed by atoms with Crippen LogP contribution in [0.25, 0.3) is 0 Å². The van der Waals surface area contributed by atoms with Crippen LogP contribution in [-0.2, 0) is 0 Å². The van der Waals surface area contributed by atoms with E-state index in [1.165, 1.54) is 11.3 Å². The van der Waals surface area contributed by atoms with Crippen LogP contribution in [0.2, 0.25) is 0 Å². The lowest BCUT2D eigenvalue weighted by molar-refractivity contribution is 0.0183. The molecule has 2 rings (SSSR count). The third-order valence-corrected chi connectivity index (χ3v) is 3.59. The summed E-state index contributed by atoms with van der Waals surface area (Å²) in [5.41, 5.74) is 1.93. The lowest BCUT2D eigenvalue weighted by atomic mass is 9.91. The summed E-state index contributed by atoms with van der Waals surface area (Å²) in [5, 5.41) is 13.8. The Morgan fingerprint density at radius 1 is 1.29 bits per heavy atom. The van der Waals surface area contributed by atoms with E-state index < -0.39 is 5.60 Å². The first-order valence-electron chi connectivity index (χ1n) is 6.31. The number of nitrogens with zero attached hydrogens (tertiary/aromatic N) is 1. The van der Waals surface area contributed by atoms with E-state index in [4.69, 9.17) is 0 Å². The van der Waals surface area contributed by atoms with E-state index in [1.54, 1.807) is 0 Å². The summed E-state index contributed by atoms with van der Waals surface area (Å²) in [5.74, 6) is 0. The molecule has 0 radical (unpaired) electrons. The molecule has 0 spiro atoms. The zero-order valence-electron chi connectivity index (χ0n) is 10.7. The minimum atomic E-state index is -0.539. The Bertz CT molecular complexity index is 372. The Balaban J connectivity index is 2.06. The number of aryl methyl sites for hydroxylation is 1. The molecule has 1 heterocycles. The van der Waals surface area contributed by atoms with Gasteiger partial charge in [0.25, 0.3) is 0 Å². The molecule has 17 heavy (non-hydrogen) atoms. The number of anilines is 1. The van der Waals surface area contributed by atoms with Crippen LogP contribution in [0.5, 0.6) is 0 Å². The zero-order valence-corrected chi connectivity index (χ0v) is 10.7. The van der Waals surface area contributed by atoms with E-state index in [0.29, 0.717) is 6.54 Å². The Morgan fingerprint density at radius 3 is 2.59 bits per heavy atom. The molecule has 1 aliphatic rings. The summed E-state index contributed by atoms with van der Waals surface area (Å²) < 4.78 is 0. The summed E-state index contributed by atoms with van der Waals surface area (Å²) in [4.78, 5) is 2.17. The summed E-state index contributed by atoms with van der Waals surface area (Å²) in [7, 11) is 2.06. The first-order valence-corrected chi connectivity index (χ1v) is 6.31. The van der Waals surface area contributed by atoms with Gasteiger partial charge in [-0.25, -0.2) is 0 Å². The van der Waals surface area contributed by atoms with Gasteiger partial charge < -0.3 is 15.3 Å². The van der Waals surface area contributed by atoms with Crippen molar-refractivity contribution in [3.8, 4) is 0 Å². The number of hydrogen-bond donors (Lipinski definition) is 2. The summed E-state index contributed by atoms with van der Waals surface area (Å²) in [6.07, 6.45) is 1.67. The maximum absolute atomic E-state index is 10.5. The van der Waals surface area contributed by atoms with Crippen molar-refractivity contribution in [2.75, 3.05) is 31.6 Å². The highest BCUT2D eigenvalue weighted by atomic mass is 16.3. The van der Waals surface area contributed by atoms with Crippen LogP contribution in [0.15, 0.2) is 24.3 Å². The van der Waals surface area contributed by atoms with Crippen molar-refractivity contribution in [3.05, 3.63) is 29.8 Å². The second kappa shape index (κ2) is 5.07. The fourth-order valence-corrected chi connectivity index (χ4v) is 2.57. The molecule has 0 bridgehead atoms. The molecular formula is C14H22N2O. The van der Waals surface area contributed by atoms with Crippen molar-refractivity contribution in [2.24, 2.45) is 0 Å². The number of likely N-dealkylation sites (N-methyl/N-ethyl adjacent to an activating group) is 1. The normalized spacial score (nSPS) is 19.0. The number of hydrogen-bond acceptors (Lipinski definition) is 3. The first-order chi connectivity index (χ1) is 8.11. The summed E-state index contributed by atoms with van der Waals surface area (Å²) in [6, 6.07) is 8.31. The van der Waals surface area contributed by atoms with Gasteiger partial charge in [-0.15, -0.1) is 0 Å². The molecule has 3 nitrogen and oxygen atoms in total. The lowest BCUT2D eigenvalue weighted by Gasteiger charge is -2.37. The minimum absolute atomic E-state index is 0.539. The van der Waals surface area contributed by atoms with Crippen LogP contribution < -0.4 is 10.2 Å². The van der Waals surface area contributed by atoms with Crippen molar-refractivity contribution in [1.82, 2.24) is 5.32 Å². The van der Waals surface area contributed by atoms with Crippen molar-refractivity contribution in [2.45, 2.75) is 25.4 Å². The van der Waals surface area contributed by atoms with Gasteiger partial charge in [-0.3, -0.25) is 0 Å². The molecule has 1 fully saturated rings. The van der Waals surface area contributed by atoms with E-state index in [-0.39, 0.29) is 0 Å². The second-order valence-electron chi connectivity index (χ2n) is 5.12. The molecule has 0 amide bonds. The molecule has 0 aliphatic carbocycles. The lowest BCUT2D eigenvalue weighted by Crippen LogP contribution is -2.49. The minimum Gasteiger partial charge on any atom is -0.388 e. The van der Waals surface area contributed by atoms with Gasteiger partial charge in [0.05, 0.1) is 5.60 Å². The highest BCUT2D eigenvalue weighted by Crippen LogP contribution is 2.24. The zero-order chi connectivity index (χ0) is 12.3. The maximum Gasteiger partial charge on any atom is 0.0845 e. The van der Waals surface area contributed by atoms with Crippen molar-refractivity contribution < 1.29 is 5.11 Å². The number of aliphatic hydroxyl groups is 1. The van der Waals surface area contributed by atoms with E-state index in [1.807, 2.05) is 12.1 Å². The van der Waals surface area contributed by atoms with Crippen LogP contribution in [-0.4, -0.2) is 37.4 Å². The van der Waals surface area contributed by atoms with Crippen LogP contribution in [0, 0.1) is 6.92 Å². The molecule has 0 unspecified atom stereocenters. The average Bonchev–Trinajstić information content (AvgIpc) is 2.29. The average molecular weight is 234 g/mol. The molecular weight excluding hydrogens is 212 g/mol. The topological polar surface area (TPSA) is 35.5 Å². The van der Waals surface area contributed by atoms with E-state index in [2.05, 4.69) is 36.3 Å². The fourth-order valence-electron chi connectivity index (χ4n) is 2.57. The summed E-state index contributed by atoms with van der Waals surface area (Å²) in [6.45, 7) is 4.65. The van der Waals surface area contributed by atoms with Gasteiger partial charge in [0.2, 0.25) is 0 Å². The number of para-hydroxylation sites is 1. The smallest absolute Gasteiger partial charge is 0.0845 e. The van der Waals surface area contributed by atoms with Gasteiger partial charge in [-0.05, 0) is 44.5 Å². The largest absolute Gasteiger partial charge is 0.388 e. The first kappa shape index (κ1) is 12.4. The van der Waals surface area contributed by atoms with Crippen LogP contribution in [0.3, 0.4) is 0 Å². The van der Waals surface area contributed by atoms with Crippen molar-refractivity contribution in [1.29, 1.82) is 0 Å². The molecule has 0 atom stereocenters. The van der Waals surface area contributed by atoms with Gasteiger partial charge in [0, 0.05) is 19.3 Å². The monoisotopic (exact) mass is 234 g/mol. The Kier molecular flexibility index (Phi) is 3.69. The molecule has 1 aromatic carbocycles. The standard InChI is InChI=1S/C14H22N2O/c1-12-5-3-4-6-13(12)16(2)11-14(17)7-9-15-10-8-14/h3-6,15,17H,7-11H2,1-2H3. The Hall–Kier alpha value is -1.06. The van der Waals surface area contributed by atoms with Crippen LogP contribution in [0.1, 0.15) is 18.4 Å². The molecule has 2 N–H and O–H groups in total. The number of benzene rings is 1. The highest BCUT2D eigenvalue weighted by Gasteiger charge is 2.30. The molecule has 1 aromatic rings. The maximum atomic E-state index is 10.5. The quantitative estimate of drug-likeness (QED) is 0.833. The molecule has 1 aliphatic heterocycles. The molecule has 0 aromatic heterocycles. The molecule has 3 heteroatoms. The van der Waals surface area contributed by atoms with Gasteiger partial charge in [0.1, 0.15) is 0 Å². The van der Waals surface area contributed by atoms with Gasteiger partial charge in [-0.1, -0.05) is 18.2 Å². The second-order valence-corrected chi connectivity index (χ2v) is 5.12.